The Bertz CT molecular complexity index is 850. The second-order valence-electron chi connectivity index (χ2n) is 6.29. The maximum atomic E-state index is 12.5. The number of benzene rings is 1. The van der Waals surface area contributed by atoms with Gasteiger partial charge in [-0.3, -0.25) is 0 Å². The molecule has 1 unspecified atom stereocenters. The summed E-state index contributed by atoms with van der Waals surface area (Å²) in [5.41, 5.74) is 2.06. The number of nitrogens with one attached hydrogen (secondary N) is 2. The first-order chi connectivity index (χ1) is 12.2. The summed E-state index contributed by atoms with van der Waals surface area (Å²) in [5, 5.41) is 4.12. The third-order valence-electron chi connectivity index (χ3n) is 4.45. The van der Waals surface area contributed by atoms with Crippen LogP contribution in [-0.4, -0.2) is 35.6 Å². The fourth-order valence-electron chi connectivity index (χ4n) is 3.14. The Morgan fingerprint density at radius 2 is 2.20 bits per heavy atom. The molecule has 1 aliphatic heterocycles. The predicted molar refractivity (Wildman–Crippen MR) is 94.2 cm³/mol. The first-order valence-electron chi connectivity index (χ1n) is 8.46. The lowest BCUT2D eigenvalue weighted by Gasteiger charge is -2.32. The Hall–Kier alpha value is -2.73. The first-order valence-corrected chi connectivity index (χ1v) is 8.46. The number of amides is 2. The molecule has 2 amide bonds. The predicted octanol–water partition coefficient (Wildman–Crippen LogP) is 3.35. The van der Waals surface area contributed by atoms with E-state index in [-0.39, 0.29) is 12.1 Å². The van der Waals surface area contributed by atoms with Gasteiger partial charge in [0.2, 0.25) is 0 Å². The summed E-state index contributed by atoms with van der Waals surface area (Å²) >= 11 is 0. The van der Waals surface area contributed by atoms with Gasteiger partial charge in [0.05, 0.1) is 19.7 Å². The van der Waals surface area contributed by atoms with Gasteiger partial charge >= 0.3 is 6.03 Å². The minimum Gasteiger partial charge on any atom is -0.464 e. The van der Waals surface area contributed by atoms with Crippen LogP contribution in [0.1, 0.15) is 23.3 Å². The van der Waals surface area contributed by atoms with Crippen LogP contribution in [0, 0.1) is 6.92 Å². The fourth-order valence-corrected chi connectivity index (χ4v) is 3.14. The molecule has 0 saturated carbocycles. The number of H-pyrrole nitrogens is 1. The van der Waals surface area contributed by atoms with E-state index in [1.54, 1.807) is 4.90 Å². The van der Waals surface area contributed by atoms with Crippen molar-refractivity contribution in [3.05, 3.63) is 59.7 Å². The van der Waals surface area contributed by atoms with E-state index in [4.69, 9.17) is 9.15 Å². The number of para-hydroxylation sites is 1. The topological polar surface area (TPSA) is 70.5 Å². The molecule has 3 aromatic rings. The number of aromatic nitrogens is 1. The molecule has 1 saturated heterocycles. The van der Waals surface area contributed by atoms with Crippen molar-refractivity contribution >= 4 is 16.9 Å². The van der Waals surface area contributed by atoms with Crippen molar-refractivity contribution in [2.24, 2.45) is 0 Å². The Morgan fingerprint density at radius 3 is 3.00 bits per heavy atom. The van der Waals surface area contributed by atoms with Gasteiger partial charge in [-0.1, -0.05) is 18.2 Å². The number of hydrogen-bond donors (Lipinski definition) is 2. The molecule has 0 aliphatic carbocycles. The summed E-state index contributed by atoms with van der Waals surface area (Å²) in [6.45, 7) is 3.94. The lowest BCUT2D eigenvalue weighted by atomic mass is 10.2. The van der Waals surface area contributed by atoms with Gasteiger partial charge in [0.1, 0.15) is 17.6 Å². The number of fused-ring (bicyclic) bond motifs is 1. The molecule has 1 fully saturated rings. The Morgan fingerprint density at radius 1 is 1.32 bits per heavy atom. The molecule has 6 heteroatoms. The van der Waals surface area contributed by atoms with E-state index in [2.05, 4.69) is 22.4 Å². The molecule has 130 valence electrons. The van der Waals surface area contributed by atoms with E-state index in [1.807, 2.05) is 37.3 Å². The highest BCUT2D eigenvalue weighted by Crippen LogP contribution is 2.24. The third-order valence-corrected chi connectivity index (χ3v) is 4.45. The minimum atomic E-state index is -0.207. The highest BCUT2D eigenvalue weighted by molar-refractivity contribution is 5.80. The van der Waals surface area contributed by atoms with Crippen LogP contribution in [0.3, 0.4) is 0 Å². The second kappa shape index (κ2) is 6.64. The number of urea groups is 1. The number of aromatic amines is 1. The number of carbonyl (C=O) groups is 1. The van der Waals surface area contributed by atoms with Crippen LogP contribution < -0.4 is 5.32 Å². The molecule has 1 atom stereocenters. The van der Waals surface area contributed by atoms with Crippen LogP contribution in [-0.2, 0) is 11.3 Å². The zero-order chi connectivity index (χ0) is 17.2. The zero-order valence-electron chi connectivity index (χ0n) is 14.1. The van der Waals surface area contributed by atoms with Gasteiger partial charge in [-0.05, 0) is 36.6 Å². The molecule has 1 aromatic carbocycles. The van der Waals surface area contributed by atoms with E-state index in [1.165, 1.54) is 0 Å². The Kier molecular flexibility index (Phi) is 4.19. The highest BCUT2D eigenvalue weighted by Gasteiger charge is 2.27. The van der Waals surface area contributed by atoms with Gasteiger partial charge in [-0.15, -0.1) is 0 Å². The summed E-state index contributed by atoms with van der Waals surface area (Å²) in [7, 11) is 0. The zero-order valence-corrected chi connectivity index (χ0v) is 14.1. The van der Waals surface area contributed by atoms with E-state index in [0.717, 1.165) is 28.1 Å². The number of nitrogens with zero attached hydrogens (tertiary/aromatic N) is 1. The van der Waals surface area contributed by atoms with Gasteiger partial charge in [0.15, 0.2) is 0 Å². The minimum absolute atomic E-state index is 0.0877. The first kappa shape index (κ1) is 15.8. The SMILES string of the molecule is Cc1ccc(C2CN(C(=O)NCc3cc4ccccc4[nH]3)CCO2)o1. The number of furan rings is 1. The molecular formula is C19H21N3O3. The fraction of sp³-hybridized carbons (Fsp3) is 0.316. The van der Waals surface area contributed by atoms with Crippen LogP contribution in [0.4, 0.5) is 4.79 Å². The van der Waals surface area contributed by atoms with Crippen molar-refractivity contribution in [2.45, 2.75) is 19.6 Å². The average molecular weight is 339 g/mol. The van der Waals surface area contributed by atoms with Crippen LogP contribution in [0.2, 0.25) is 0 Å². The molecule has 2 aromatic heterocycles. The maximum absolute atomic E-state index is 12.5. The summed E-state index contributed by atoms with van der Waals surface area (Å²) < 4.78 is 11.4. The van der Waals surface area contributed by atoms with E-state index in [0.29, 0.717) is 26.2 Å². The molecule has 0 bridgehead atoms. The molecule has 2 N–H and O–H groups in total. The van der Waals surface area contributed by atoms with Crippen molar-refractivity contribution < 1.29 is 13.9 Å². The molecule has 1 aliphatic rings. The Balaban J connectivity index is 1.37. The van der Waals surface area contributed by atoms with Gasteiger partial charge < -0.3 is 24.4 Å². The molecule has 0 radical (unpaired) electrons. The van der Waals surface area contributed by atoms with Gasteiger partial charge in [0.25, 0.3) is 0 Å². The summed E-state index contributed by atoms with van der Waals surface area (Å²) in [6, 6.07) is 13.9. The van der Waals surface area contributed by atoms with Gasteiger partial charge in [-0.25, -0.2) is 4.79 Å². The lowest BCUT2D eigenvalue weighted by molar-refractivity contribution is -0.0263. The van der Waals surface area contributed by atoms with Crippen molar-refractivity contribution in [2.75, 3.05) is 19.7 Å². The summed E-state index contributed by atoms with van der Waals surface area (Å²) in [4.78, 5) is 17.6. The van der Waals surface area contributed by atoms with Crippen molar-refractivity contribution in [1.29, 1.82) is 0 Å². The van der Waals surface area contributed by atoms with Crippen molar-refractivity contribution in [3.63, 3.8) is 0 Å². The standard InChI is InChI=1S/C19H21N3O3/c1-13-6-7-17(25-13)18-12-22(8-9-24-18)19(23)20-11-15-10-14-4-2-3-5-16(14)21-15/h2-7,10,18,21H,8-9,11-12H2,1H3,(H,20,23). The number of morpholine rings is 1. The number of carbonyl (C=O) groups excluding carboxylic acids is 1. The van der Waals surface area contributed by atoms with Crippen molar-refractivity contribution in [3.8, 4) is 0 Å². The van der Waals surface area contributed by atoms with Crippen molar-refractivity contribution in [1.82, 2.24) is 15.2 Å². The van der Waals surface area contributed by atoms with Gasteiger partial charge in [-0.2, -0.15) is 0 Å². The maximum Gasteiger partial charge on any atom is 0.317 e. The number of aryl methyl sites for hydroxylation is 1. The van der Waals surface area contributed by atoms with Crippen LogP contribution >= 0.6 is 0 Å². The second-order valence-corrected chi connectivity index (χ2v) is 6.29. The quantitative estimate of drug-likeness (QED) is 0.769. The van der Waals surface area contributed by atoms with Crippen LogP contribution in [0.25, 0.3) is 10.9 Å². The molecule has 6 nitrogen and oxygen atoms in total. The average Bonchev–Trinajstić information content (AvgIpc) is 3.25. The number of hydrogen-bond acceptors (Lipinski definition) is 3. The highest BCUT2D eigenvalue weighted by atomic mass is 16.5. The molecule has 25 heavy (non-hydrogen) atoms. The van der Waals surface area contributed by atoms with Gasteiger partial charge in [0, 0.05) is 17.8 Å². The molecular weight excluding hydrogens is 318 g/mol. The number of ether oxygens (including phenoxy) is 1. The van der Waals surface area contributed by atoms with E-state index < -0.39 is 0 Å². The number of rotatable bonds is 3. The monoisotopic (exact) mass is 339 g/mol. The lowest BCUT2D eigenvalue weighted by Crippen LogP contribution is -2.46. The van der Waals surface area contributed by atoms with Crippen LogP contribution in [0.5, 0.6) is 0 Å². The summed E-state index contributed by atoms with van der Waals surface area (Å²) in [5.74, 6) is 1.62. The molecule has 0 spiro atoms. The summed E-state index contributed by atoms with van der Waals surface area (Å²) in [6.07, 6.45) is -0.207. The smallest absolute Gasteiger partial charge is 0.317 e. The van der Waals surface area contributed by atoms with E-state index in [9.17, 15) is 4.79 Å². The Labute approximate surface area is 145 Å². The largest absolute Gasteiger partial charge is 0.464 e. The van der Waals surface area contributed by atoms with E-state index >= 15 is 0 Å². The normalized spacial score (nSPS) is 17.8. The van der Waals surface area contributed by atoms with Crippen LogP contribution in [0.15, 0.2) is 46.9 Å². The molecule has 4 rings (SSSR count). The third kappa shape index (κ3) is 3.39. The molecule has 3 heterocycles.